The molecule has 3 N–H and O–H groups in total. The SMILES string of the molecule is O=C(NCC(O)C(=O)O)c1cccn1C1CCC1. The van der Waals surface area contributed by atoms with E-state index < -0.39 is 12.1 Å². The van der Waals surface area contributed by atoms with Gasteiger partial charge in [-0.25, -0.2) is 4.79 Å². The highest BCUT2D eigenvalue weighted by atomic mass is 16.4. The highest BCUT2D eigenvalue weighted by Crippen LogP contribution is 2.32. The fraction of sp³-hybridized carbons (Fsp3) is 0.500. The molecular weight excluding hydrogens is 236 g/mol. The van der Waals surface area contributed by atoms with E-state index in [9.17, 15) is 9.59 Å². The second kappa shape index (κ2) is 5.22. The fourth-order valence-corrected chi connectivity index (χ4v) is 1.94. The Labute approximate surface area is 104 Å². The number of nitrogens with one attached hydrogen (secondary N) is 1. The Kier molecular flexibility index (Phi) is 3.66. The van der Waals surface area contributed by atoms with Crippen LogP contribution in [0.3, 0.4) is 0 Å². The zero-order valence-corrected chi connectivity index (χ0v) is 9.87. The van der Waals surface area contributed by atoms with Crippen molar-refractivity contribution >= 4 is 11.9 Å². The number of amides is 1. The van der Waals surface area contributed by atoms with Gasteiger partial charge < -0.3 is 20.1 Å². The molecule has 1 aromatic rings. The molecule has 2 rings (SSSR count). The average molecular weight is 252 g/mol. The number of nitrogens with zero attached hydrogens (tertiary/aromatic N) is 1. The minimum Gasteiger partial charge on any atom is -0.479 e. The molecule has 0 aromatic carbocycles. The molecule has 0 spiro atoms. The molecule has 6 heteroatoms. The van der Waals surface area contributed by atoms with E-state index in [-0.39, 0.29) is 12.5 Å². The maximum absolute atomic E-state index is 11.9. The van der Waals surface area contributed by atoms with Gasteiger partial charge in [0.1, 0.15) is 5.69 Å². The smallest absolute Gasteiger partial charge is 0.334 e. The number of carboxylic acid groups (broad SMARTS) is 1. The minimum absolute atomic E-state index is 0.288. The zero-order valence-electron chi connectivity index (χ0n) is 9.87. The van der Waals surface area contributed by atoms with Gasteiger partial charge in [-0.15, -0.1) is 0 Å². The van der Waals surface area contributed by atoms with Gasteiger partial charge in [-0.1, -0.05) is 0 Å². The van der Waals surface area contributed by atoms with Gasteiger partial charge >= 0.3 is 5.97 Å². The second-order valence-electron chi connectivity index (χ2n) is 4.45. The monoisotopic (exact) mass is 252 g/mol. The van der Waals surface area contributed by atoms with Crippen LogP contribution in [0.4, 0.5) is 0 Å². The van der Waals surface area contributed by atoms with Crippen LogP contribution in [0.1, 0.15) is 35.8 Å². The number of carbonyl (C=O) groups is 2. The predicted molar refractivity (Wildman–Crippen MR) is 63.3 cm³/mol. The van der Waals surface area contributed by atoms with Gasteiger partial charge in [0.2, 0.25) is 0 Å². The van der Waals surface area contributed by atoms with Crippen LogP contribution in [0.2, 0.25) is 0 Å². The number of aliphatic hydroxyl groups is 1. The van der Waals surface area contributed by atoms with E-state index in [0.29, 0.717) is 11.7 Å². The minimum atomic E-state index is -1.57. The molecule has 1 saturated carbocycles. The van der Waals surface area contributed by atoms with E-state index in [1.165, 1.54) is 6.42 Å². The number of hydrogen-bond donors (Lipinski definition) is 3. The molecule has 18 heavy (non-hydrogen) atoms. The molecule has 1 fully saturated rings. The number of hydrogen-bond acceptors (Lipinski definition) is 3. The molecule has 1 amide bonds. The van der Waals surface area contributed by atoms with Gasteiger partial charge in [0.25, 0.3) is 5.91 Å². The van der Waals surface area contributed by atoms with Gasteiger partial charge in [0.05, 0.1) is 6.54 Å². The second-order valence-corrected chi connectivity index (χ2v) is 4.45. The Morgan fingerprint density at radius 3 is 2.78 bits per heavy atom. The van der Waals surface area contributed by atoms with Crippen LogP contribution >= 0.6 is 0 Å². The summed E-state index contributed by atoms with van der Waals surface area (Å²) in [5.41, 5.74) is 0.511. The van der Waals surface area contributed by atoms with Crippen molar-refractivity contribution in [2.45, 2.75) is 31.4 Å². The van der Waals surface area contributed by atoms with Crippen LogP contribution in [0, 0.1) is 0 Å². The molecule has 98 valence electrons. The number of carboxylic acids is 1. The Morgan fingerprint density at radius 2 is 2.22 bits per heavy atom. The highest BCUT2D eigenvalue weighted by molar-refractivity contribution is 5.93. The molecular formula is C12H16N2O4. The molecule has 1 aromatic heterocycles. The highest BCUT2D eigenvalue weighted by Gasteiger charge is 2.23. The summed E-state index contributed by atoms with van der Waals surface area (Å²) in [4.78, 5) is 22.3. The largest absolute Gasteiger partial charge is 0.479 e. The average Bonchev–Trinajstić information content (AvgIpc) is 2.71. The third-order valence-electron chi connectivity index (χ3n) is 3.22. The van der Waals surface area contributed by atoms with E-state index >= 15 is 0 Å². The topological polar surface area (TPSA) is 91.6 Å². The molecule has 0 saturated heterocycles. The quantitative estimate of drug-likeness (QED) is 0.707. The van der Waals surface area contributed by atoms with Gasteiger partial charge in [-0.05, 0) is 31.4 Å². The van der Waals surface area contributed by atoms with Crippen LogP contribution < -0.4 is 5.32 Å². The van der Waals surface area contributed by atoms with E-state index in [2.05, 4.69) is 5.32 Å². The molecule has 1 atom stereocenters. The van der Waals surface area contributed by atoms with Crippen molar-refractivity contribution in [3.63, 3.8) is 0 Å². The number of carbonyl (C=O) groups excluding carboxylic acids is 1. The van der Waals surface area contributed by atoms with Crippen LogP contribution in [-0.4, -0.2) is 39.3 Å². The van der Waals surface area contributed by atoms with Gasteiger partial charge in [0, 0.05) is 12.2 Å². The molecule has 1 aliphatic rings. The van der Waals surface area contributed by atoms with Crippen molar-refractivity contribution in [1.29, 1.82) is 0 Å². The summed E-state index contributed by atoms with van der Waals surface area (Å²) in [5, 5.41) is 20.0. The normalized spacial score (nSPS) is 16.9. The first-order valence-electron chi connectivity index (χ1n) is 5.95. The third-order valence-corrected chi connectivity index (χ3v) is 3.22. The van der Waals surface area contributed by atoms with Crippen molar-refractivity contribution in [1.82, 2.24) is 9.88 Å². The lowest BCUT2D eigenvalue weighted by Crippen LogP contribution is -2.37. The van der Waals surface area contributed by atoms with E-state index in [1.54, 1.807) is 12.1 Å². The first kappa shape index (κ1) is 12.6. The Hall–Kier alpha value is -1.82. The first-order valence-corrected chi connectivity index (χ1v) is 5.95. The third kappa shape index (κ3) is 2.53. The molecule has 0 aliphatic heterocycles. The summed E-state index contributed by atoms with van der Waals surface area (Å²) in [7, 11) is 0. The zero-order chi connectivity index (χ0) is 13.1. The van der Waals surface area contributed by atoms with Crippen molar-refractivity contribution in [3.8, 4) is 0 Å². The molecule has 6 nitrogen and oxygen atoms in total. The summed E-state index contributed by atoms with van der Waals surface area (Å²) in [6.45, 7) is -0.288. The number of aliphatic carboxylic acids is 1. The van der Waals surface area contributed by atoms with Crippen molar-refractivity contribution in [3.05, 3.63) is 24.0 Å². The van der Waals surface area contributed by atoms with Crippen LogP contribution in [0.5, 0.6) is 0 Å². The van der Waals surface area contributed by atoms with E-state index in [4.69, 9.17) is 10.2 Å². The Balaban J connectivity index is 1.96. The fourth-order valence-electron chi connectivity index (χ4n) is 1.94. The van der Waals surface area contributed by atoms with Crippen molar-refractivity contribution < 1.29 is 19.8 Å². The van der Waals surface area contributed by atoms with Gasteiger partial charge in [0.15, 0.2) is 6.10 Å². The van der Waals surface area contributed by atoms with Crippen LogP contribution in [-0.2, 0) is 4.79 Å². The van der Waals surface area contributed by atoms with Crippen molar-refractivity contribution in [2.24, 2.45) is 0 Å². The van der Waals surface area contributed by atoms with Gasteiger partial charge in [-0.2, -0.15) is 0 Å². The van der Waals surface area contributed by atoms with Crippen LogP contribution in [0.15, 0.2) is 18.3 Å². The van der Waals surface area contributed by atoms with Gasteiger partial charge in [-0.3, -0.25) is 4.79 Å². The lowest BCUT2D eigenvalue weighted by Gasteiger charge is -2.28. The maximum atomic E-state index is 11.9. The van der Waals surface area contributed by atoms with Crippen LogP contribution in [0.25, 0.3) is 0 Å². The summed E-state index contributed by atoms with van der Waals surface area (Å²) in [5.74, 6) is -1.70. The Morgan fingerprint density at radius 1 is 1.50 bits per heavy atom. The standard InChI is InChI=1S/C12H16N2O4/c15-10(12(17)18)7-13-11(16)9-5-2-6-14(9)8-3-1-4-8/h2,5-6,8,10,15H,1,3-4,7H2,(H,13,16)(H,17,18). The molecule has 0 bridgehead atoms. The summed E-state index contributed by atoms with van der Waals surface area (Å²) in [6, 6.07) is 3.85. The predicted octanol–water partition coefficient (Wildman–Crippen LogP) is 0.388. The van der Waals surface area contributed by atoms with E-state index in [1.807, 2.05) is 10.8 Å². The Bertz CT molecular complexity index is 451. The summed E-state index contributed by atoms with van der Waals surface area (Å²) >= 11 is 0. The number of rotatable bonds is 5. The number of aromatic nitrogens is 1. The molecule has 1 unspecified atom stereocenters. The lowest BCUT2D eigenvalue weighted by atomic mass is 9.93. The van der Waals surface area contributed by atoms with Crippen molar-refractivity contribution in [2.75, 3.05) is 6.54 Å². The lowest BCUT2D eigenvalue weighted by molar-refractivity contribution is -0.146. The molecule has 1 aliphatic carbocycles. The number of aliphatic hydroxyl groups excluding tert-OH is 1. The molecule has 0 radical (unpaired) electrons. The summed E-state index contributed by atoms with van der Waals surface area (Å²) in [6.07, 6.45) is 3.58. The van der Waals surface area contributed by atoms with E-state index in [0.717, 1.165) is 12.8 Å². The summed E-state index contributed by atoms with van der Waals surface area (Å²) < 4.78 is 1.91. The first-order chi connectivity index (χ1) is 8.59. The molecule has 1 heterocycles. The maximum Gasteiger partial charge on any atom is 0.334 e.